The number of hydrogen-bond donors (Lipinski definition) is 1. The molecule has 2 fully saturated rings. The number of rotatable bonds is 3. The molecule has 3 nitrogen and oxygen atoms in total. The van der Waals surface area contributed by atoms with Crippen LogP contribution in [0.2, 0.25) is 5.02 Å². The van der Waals surface area contributed by atoms with E-state index in [1.165, 1.54) is 24.1 Å². The Hall–Kier alpha value is -0.770. The molecule has 1 saturated carbocycles. The van der Waals surface area contributed by atoms with Crippen LogP contribution in [0.3, 0.4) is 0 Å². The minimum absolute atomic E-state index is 0.185. The summed E-state index contributed by atoms with van der Waals surface area (Å²) in [6, 6.07) is 6.76. The van der Waals surface area contributed by atoms with E-state index in [0.717, 1.165) is 31.2 Å². The van der Waals surface area contributed by atoms with E-state index in [1.54, 1.807) is 0 Å². The zero-order valence-corrected chi connectivity index (χ0v) is 13.2. The minimum atomic E-state index is 0.185. The molecule has 4 heteroatoms. The first-order chi connectivity index (χ1) is 9.53. The normalized spacial score (nSPS) is 23.7. The van der Waals surface area contributed by atoms with Gasteiger partial charge in [-0.25, -0.2) is 0 Å². The van der Waals surface area contributed by atoms with Crippen LogP contribution in [0.1, 0.15) is 25.3 Å². The molecule has 1 aliphatic carbocycles. The van der Waals surface area contributed by atoms with E-state index >= 15 is 0 Å². The highest BCUT2D eigenvalue weighted by Gasteiger charge is 2.47. The van der Waals surface area contributed by atoms with E-state index in [-0.39, 0.29) is 11.5 Å². The molecule has 3 rings (SSSR count). The monoisotopic (exact) mass is 293 g/mol. The summed E-state index contributed by atoms with van der Waals surface area (Å²) >= 11 is 6.54. The Kier molecular flexibility index (Phi) is 3.69. The molecule has 1 atom stereocenters. The standard InChI is InChI=1S/C16H24ClN3/c1-12(18)16(5-6-16)13-3-4-15(14(17)11-13)20-9-7-19(2)8-10-20/h3-4,11-12H,5-10,18H2,1-2H3. The van der Waals surface area contributed by atoms with Crippen molar-refractivity contribution < 1.29 is 0 Å². The summed E-state index contributed by atoms with van der Waals surface area (Å²) in [4.78, 5) is 4.74. The molecule has 0 bridgehead atoms. The Labute approximate surface area is 126 Å². The third-order valence-corrected chi connectivity index (χ3v) is 5.33. The molecule has 110 valence electrons. The highest BCUT2D eigenvalue weighted by atomic mass is 35.5. The molecule has 0 spiro atoms. The van der Waals surface area contributed by atoms with E-state index in [1.807, 2.05) is 0 Å². The van der Waals surface area contributed by atoms with Crippen LogP contribution in [0.15, 0.2) is 18.2 Å². The first-order valence-electron chi connectivity index (χ1n) is 7.52. The highest BCUT2D eigenvalue weighted by molar-refractivity contribution is 6.33. The average Bonchev–Trinajstić information content (AvgIpc) is 3.21. The quantitative estimate of drug-likeness (QED) is 0.929. The fourth-order valence-corrected chi connectivity index (χ4v) is 3.56. The molecule has 2 N–H and O–H groups in total. The maximum atomic E-state index is 6.54. The molecule has 2 aliphatic rings. The first-order valence-corrected chi connectivity index (χ1v) is 7.90. The van der Waals surface area contributed by atoms with Crippen molar-refractivity contribution in [1.29, 1.82) is 0 Å². The van der Waals surface area contributed by atoms with E-state index < -0.39 is 0 Å². The number of likely N-dealkylation sites (N-methyl/N-ethyl adjacent to an activating group) is 1. The number of piperazine rings is 1. The van der Waals surface area contributed by atoms with E-state index in [0.29, 0.717) is 0 Å². The van der Waals surface area contributed by atoms with Crippen LogP contribution in [-0.4, -0.2) is 44.2 Å². The lowest BCUT2D eigenvalue weighted by Crippen LogP contribution is -2.44. The fourth-order valence-electron chi connectivity index (χ4n) is 3.26. The molecule has 1 saturated heterocycles. The molecule has 1 aromatic rings. The number of nitrogens with two attached hydrogens (primary N) is 1. The van der Waals surface area contributed by atoms with Crippen molar-refractivity contribution in [2.45, 2.75) is 31.2 Å². The summed E-state index contributed by atoms with van der Waals surface area (Å²) in [7, 11) is 2.17. The van der Waals surface area contributed by atoms with Crippen molar-refractivity contribution in [3.05, 3.63) is 28.8 Å². The Bertz CT molecular complexity index is 488. The second-order valence-corrected chi connectivity index (χ2v) is 6.81. The molecular formula is C16H24ClN3. The number of hydrogen-bond acceptors (Lipinski definition) is 3. The van der Waals surface area contributed by atoms with Crippen LogP contribution in [0.4, 0.5) is 5.69 Å². The largest absolute Gasteiger partial charge is 0.368 e. The molecule has 1 unspecified atom stereocenters. The van der Waals surface area contributed by atoms with Crippen LogP contribution >= 0.6 is 11.6 Å². The lowest BCUT2D eigenvalue weighted by atomic mass is 9.89. The van der Waals surface area contributed by atoms with E-state index in [9.17, 15) is 0 Å². The third kappa shape index (κ3) is 2.43. The third-order valence-electron chi connectivity index (χ3n) is 5.03. The van der Waals surface area contributed by atoms with Crippen molar-refractivity contribution in [3.63, 3.8) is 0 Å². The summed E-state index contributed by atoms with van der Waals surface area (Å²) in [5.74, 6) is 0. The van der Waals surface area contributed by atoms with Crippen LogP contribution in [-0.2, 0) is 5.41 Å². The molecule has 0 radical (unpaired) electrons. The second kappa shape index (κ2) is 5.21. The highest BCUT2D eigenvalue weighted by Crippen LogP contribution is 2.51. The molecule has 1 heterocycles. The maximum Gasteiger partial charge on any atom is 0.0642 e. The number of halogens is 1. The summed E-state index contributed by atoms with van der Waals surface area (Å²) in [5, 5.41) is 0.874. The van der Waals surface area contributed by atoms with Gasteiger partial charge in [0.1, 0.15) is 0 Å². The van der Waals surface area contributed by atoms with Crippen LogP contribution in [0.5, 0.6) is 0 Å². The zero-order valence-electron chi connectivity index (χ0n) is 12.4. The van der Waals surface area contributed by atoms with Gasteiger partial charge in [-0.05, 0) is 44.5 Å². The molecule has 1 aliphatic heterocycles. The van der Waals surface area contributed by atoms with Crippen molar-refractivity contribution in [1.82, 2.24) is 4.90 Å². The maximum absolute atomic E-state index is 6.54. The van der Waals surface area contributed by atoms with Gasteiger partial charge in [0.05, 0.1) is 10.7 Å². The van der Waals surface area contributed by atoms with Crippen LogP contribution < -0.4 is 10.6 Å². The van der Waals surface area contributed by atoms with Gasteiger partial charge in [0, 0.05) is 37.6 Å². The SMILES string of the molecule is CC(N)C1(c2ccc(N3CCN(C)CC3)c(Cl)c2)CC1. The van der Waals surface area contributed by atoms with Gasteiger partial charge in [-0.2, -0.15) is 0 Å². The number of anilines is 1. The summed E-state index contributed by atoms with van der Waals surface area (Å²) in [6.07, 6.45) is 2.38. The zero-order chi connectivity index (χ0) is 14.3. The van der Waals surface area contributed by atoms with Gasteiger partial charge in [-0.3, -0.25) is 0 Å². The Morgan fingerprint density at radius 3 is 2.35 bits per heavy atom. The second-order valence-electron chi connectivity index (χ2n) is 6.40. The summed E-state index contributed by atoms with van der Waals surface area (Å²) in [6.45, 7) is 6.40. The van der Waals surface area contributed by atoms with E-state index in [4.69, 9.17) is 17.3 Å². The van der Waals surface area contributed by atoms with Gasteiger partial charge in [-0.15, -0.1) is 0 Å². The molecule has 0 aromatic heterocycles. The Balaban J connectivity index is 1.82. The van der Waals surface area contributed by atoms with Gasteiger partial charge in [0.15, 0.2) is 0 Å². The van der Waals surface area contributed by atoms with Gasteiger partial charge >= 0.3 is 0 Å². The fraction of sp³-hybridized carbons (Fsp3) is 0.625. The van der Waals surface area contributed by atoms with Gasteiger partial charge in [0.2, 0.25) is 0 Å². The lowest BCUT2D eigenvalue weighted by Gasteiger charge is -2.35. The predicted molar refractivity (Wildman–Crippen MR) is 85.7 cm³/mol. The first kappa shape index (κ1) is 14.2. The van der Waals surface area contributed by atoms with E-state index in [2.05, 4.69) is 42.0 Å². The molecular weight excluding hydrogens is 270 g/mol. The minimum Gasteiger partial charge on any atom is -0.368 e. The van der Waals surface area contributed by atoms with Gasteiger partial charge in [-0.1, -0.05) is 17.7 Å². The Morgan fingerprint density at radius 2 is 1.85 bits per heavy atom. The van der Waals surface area contributed by atoms with Crippen molar-refractivity contribution >= 4 is 17.3 Å². The number of nitrogens with zero attached hydrogens (tertiary/aromatic N) is 2. The van der Waals surface area contributed by atoms with Crippen molar-refractivity contribution in [2.24, 2.45) is 5.73 Å². The molecule has 0 amide bonds. The van der Waals surface area contributed by atoms with Crippen molar-refractivity contribution in [3.8, 4) is 0 Å². The molecule has 1 aromatic carbocycles. The van der Waals surface area contributed by atoms with Crippen LogP contribution in [0, 0.1) is 0 Å². The summed E-state index contributed by atoms with van der Waals surface area (Å²) in [5.41, 5.74) is 8.82. The smallest absolute Gasteiger partial charge is 0.0642 e. The molecule has 20 heavy (non-hydrogen) atoms. The number of benzene rings is 1. The van der Waals surface area contributed by atoms with Gasteiger partial charge < -0.3 is 15.5 Å². The Morgan fingerprint density at radius 1 is 1.20 bits per heavy atom. The predicted octanol–water partition coefficient (Wildman–Crippen LogP) is 2.47. The topological polar surface area (TPSA) is 32.5 Å². The van der Waals surface area contributed by atoms with Gasteiger partial charge in [0.25, 0.3) is 0 Å². The average molecular weight is 294 g/mol. The lowest BCUT2D eigenvalue weighted by molar-refractivity contribution is 0.313. The van der Waals surface area contributed by atoms with Crippen molar-refractivity contribution in [2.75, 3.05) is 38.1 Å². The van der Waals surface area contributed by atoms with Crippen LogP contribution in [0.25, 0.3) is 0 Å². The summed E-state index contributed by atoms with van der Waals surface area (Å²) < 4.78 is 0.